The van der Waals surface area contributed by atoms with E-state index in [1.54, 1.807) is 0 Å². The van der Waals surface area contributed by atoms with Crippen molar-refractivity contribution in [1.82, 2.24) is 9.97 Å². The maximum absolute atomic E-state index is 6.72. The van der Waals surface area contributed by atoms with Gasteiger partial charge in [-0.3, -0.25) is 0 Å². The van der Waals surface area contributed by atoms with Gasteiger partial charge in [0, 0.05) is 32.6 Å². The largest absolute Gasteiger partial charge is 0.455 e. The Kier molecular flexibility index (Phi) is 6.70. The van der Waals surface area contributed by atoms with Crippen LogP contribution in [0.1, 0.15) is 68.2 Å². The lowest BCUT2D eigenvalue weighted by Crippen LogP contribution is -2.28. The molecule has 10 aromatic rings. The summed E-state index contributed by atoms with van der Waals surface area (Å²) in [6, 6.07) is 52.9. The predicted octanol–water partition coefficient (Wildman–Crippen LogP) is 14.8. The summed E-state index contributed by atoms with van der Waals surface area (Å²) in [6.45, 7) is 4.79. The molecule has 4 nitrogen and oxygen atoms in total. The summed E-state index contributed by atoms with van der Waals surface area (Å²) < 4.78 is 13.1. The molecule has 1 fully saturated rings. The Balaban J connectivity index is 0.958. The fourth-order valence-electron chi connectivity index (χ4n) is 11.3. The molecule has 13 rings (SSSR count). The van der Waals surface area contributed by atoms with Crippen LogP contribution in [0.3, 0.4) is 0 Å². The molecule has 0 amide bonds. The second kappa shape index (κ2) is 11.9. The maximum Gasteiger partial charge on any atom is 0.231 e. The molecule has 282 valence electrons. The molecule has 3 heterocycles. The van der Waals surface area contributed by atoms with E-state index >= 15 is 0 Å². The zero-order chi connectivity index (χ0) is 39.0. The van der Waals surface area contributed by atoms with Crippen LogP contribution in [0.25, 0.3) is 100 Å². The van der Waals surface area contributed by atoms with Crippen LogP contribution >= 0.6 is 0 Å². The Bertz CT molecular complexity index is 3400. The molecular formula is C55H40N2O2. The van der Waals surface area contributed by atoms with Crippen LogP contribution in [-0.2, 0) is 10.8 Å². The third-order valence-electron chi connectivity index (χ3n) is 14.1. The summed E-state index contributed by atoms with van der Waals surface area (Å²) in [7, 11) is 0. The number of aromatic nitrogens is 2. The van der Waals surface area contributed by atoms with Gasteiger partial charge in [-0.15, -0.1) is 0 Å². The van der Waals surface area contributed by atoms with Crippen molar-refractivity contribution in [3.05, 3.63) is 168 Å². The Labute approximate surface area is 342 Å². The molecule has 59 heavy (non-hydrogen) atoms. The predicted molar refractivity (Wildman–Crippen MR) is 240 cm³/mol. The van der Waals surface area contributed by atoms with Gasteiger partial charge in [0.2, 0.25) is 5.71 Å². The number of hydrogen-bond donors (Lipinski definition) is 0. The first-order valence-corrected chi connectivity index (χ1v) is 21.1. The van der Waals surface area contributed by atoms with Crippen LogP contribution < -0.4 is 0 Å². The lowest BCUT2D eigenvalue weighted by Gasteiger charge is -2.36. The van der Waals surface area contributed by atoms with E-state index in [1.807, 2.05) is 36.4 Å². The second-order valence-corrected chi connectivity index (χ2v) is 17.6. The summed E-state index contributed by atoms with van der Waals surface area (Å²) in [5.41, 5.74) is 19.7. The second-order valence-electron chi connectivity index (χ2n) is 17.6. The number of nitrogens with zero attached hydrogens (tertiary/aromatic N) is 2. The zero-order valence-electron chi connectivity index (χ0n) is 33.1. The highest BCUT2D eigenvalue weighted by molar-refractivity contribution is 6.13. The molecule has 0 N–H and O–H groups in total. The fourth-order valence-corrected chi connectivity index (χ4v) is 11.3. The van der Waals surface area contributed by atoms with Crippen LogP contribution in [0, 0.1) is 0 Å². The molecule has 0 atom stereocenters. The van der Waals surface area contributed by atoms with Crippen LogP contribution in [0.2, 0.25) is 0 Å². The molecule has 3 aliphatic rings. The van der Waals surface area contributed by atoms with Gasteiger partial charge in [0.25, 0.3) is 0 Å². The van der Waals surface area contributed by atoms with Gasteiger partial charge in [-0.05, 0) is 111 Å². The van der Waals surface area contributed by atoms with Gasteiger partial charge in [0.05, 0.1) is 16.6 Å². The van der Waals surface area contributed by atoms with Gasteiger partial charge in [0.1, 0.15) is 16.7 Å². The molecule has 3 aromatic heterocycles. The zero-order valence-corrected chi connectivity index (χ0v) is 33.1. The highest BCUT2D eigenvalue weighted by Gasteiger charge is 2.46. The standard InChI is InChI=1S/C55H40N2O2/c1-54(2)43-20-9-7-16-35(43)40-31-46-41(30-45(40)54)39-28-33(22-24-44(39)55(46)26-11-4-12-27-55)34-23-25-48-42(29-34)36-18-13-19-38(51(36)58-48)52-56-50(32-14-5-3-6-15-32)49-37-17-8-10-21-47(37)59-53(49)57-52/h3,5-10,13-25,28-31H,4,11-12,26-27H2,1-2H3. The lowest BCUT2D eigenvalue weighted by atomic mass is 9.67. The van der Waals surface area contributed by atoms with E-state index in [9.17, 15) is 0 Å². The van der Waals surface area contributed by atoms with E-state index in [-0.39, 0.29) is 10.8 Å². The SMILES string of the molecule is CC1(C)c2ccccc2-c2cc3c(cc21)-c1cc(-c2ccc4oc5c(-c6nc(-c7ccccc7)c7c(n6)oc6ccccc67)cccc5c4c2)ccc1C31CCCCC1. The van der Waals surface area contributed by atoms with E-state index in [4.69, 9.17) is 18.8 Å². The Morgan fingerprint density at radius 1 is 0.458 bits per heavy atom. The van der Waals surface area contributed by atoms with Crippen molar-refractivity contribution in [2.75, 3.05) is 0 Å². The summed E-state index contributed by atoms with van der Waals surface area (Å²) >= 11 is 0. The van der Waals surface area contributed by atoms with E-state index in [0.717, 1.165) is 55.1 Å². The van der Waals surface area contributed by atoms with Crippen molar-refractivity contribution in [3.63, 3.8) is 0 Å². The lowest BCUT2D eigenvalue weighted by molar-refractivity contribution is 0.353. The highest BCUT2D eigenvalue weighted by atomic mass is 16.3. The van der Waals surface area contributed by atoms with E-state index in [1.165, 1.54) is 87.7 Å². The quantitative estimate of drug-likeness (QED) is 0.180. The Morgan fingerprint density at radius 2 is 1.15 bits per heavy atom. The van der Waals surface area contributed by atoms with Crippen molar-refractivity contribution >= 4 is 44.0 Å². The van der Waals surface area contributed by atoms with Crippen molar-refractivity contribution in [1.29, 1.82) is 0 Å². The van der Waals surface area contributed by atoms with Crippen molar-refractivity contribution in [2.45, 2.75) is 56.8 Å². The van der Waals surface area contributed by atoms with Gasteiger partial charge in [-0.2, -0.15) is 4.98 Å². The minimum Gasteiger partial charge on any atom is -0.455 e. The Hall–Kier alpha value is -6.78. The summed E-state index contributed by atoms with van der Waals surface area (Å²) in [5, 5.41) is 4.04. The van der Waals surface area contributed by atoms with E-state index in [2.05, 4.69) is 123 Å². The van der Waals surface area contributed by atoms with E-state index in [0.29, 0.717) is 11.5 Å². The molecule has 7 aromatic carbocycles. The number of benzene rings is 7. The summed E-state index contributed by atoms with van der Waals surface area (Å²) in [6.07, 6.45) is 6.30. The number of fused-ring (bicyclic) bond motifs is 14. The van der Waals surface area contributed by atoms with Gasteiger partial charge < -0.3 is 8.83 Å². The van der Waals surface area contributed by atoms with Crippen LogP contribution in [-0.4, -0.2) is 9.97 Å². The molecule has 0 radical (unpaired) electrons. The normalized spacial score (nSPS) is 15.9. The van der Waals surface area contributed by atoms with Gasteiger partial charge >= 0.3 is 0 Å². The average Bonchev–Trinajstić information content (AvgIpc) is 3.99. The number of hydrogen-bond acceptors (Lipinski definition) is 4. The number of furan rings is 2. The first kappa shape index (κ1) is 33.2. The molecule has 0 aliphatic heterocycles. The smallest absolute Gasteiger partial charge is 0.231 e. The summed E-state index contributed by atoms with van der Waals surface area (Å²) in [4.78, 5) is 10.3. The van der Waals surface area contributed by atoms with Gasteiger partial charge in [0.15, 0.2) is 5.82 Å². The first-order chi connectivity index (χ1) is 29.0. The summed E-state index contributed by atoms with van der Waals surface area (Å²) in [5.74, 6) is 0.576. The molecule has 0 bridgehead atoms. The molecule has 3 aliphatic carbocycles. The molecule has 1 saturated carbocycles. The molecule has 4 heteroatoms. The maximum atomic E-state index is 6.72. The Morgan fingerprint density at radius 3 is 2.05 bits per heavy atom. The molecule has 0 unspecified atom stereocenters. The topological polar surface area (TPSA) is 52.1 Å². The highest BCUT2D eigenvalue weighted by Crippen LogP contribution is 2.60. The fraction of sp³-hybridized carbons (Fsp3) is 0.164. The number of para-hydroxylation sites is 2. The van der Waals surface area contributed by atoms with Gasteiger partial charge in [-0.1, -0.05) is 136 Å². The molecular weight excluding hydrogens is 721 g/mol. The van der Waals surface area contributed by atoms with Crippen LogP contribution in [0.4, 0.5) is 0 Å². The van der Waals surface area contributed by atoms with Crippen LogP contribution in [0.5, 0.6) is 0 Å². The monoisotopic (exact) mass is 760 g/mol. The number of rotatable bonds is 3. The molecule has 0 saturated heterocycles. The average molecular weight is 761 g/mol. The van der Waals surface area contributed by atoms with Crippen molar-refractivity contribution in [2.24, 2.45) is 0 Å². The van der Waals surface area contributed by atoms with Crippen LogP contribution in [0.15, 0.2) is 154 Å². The minimum absolute atomic E-state index is 0.0424. The van der Waals surface area contributed by atoms with Gasteiger partial charge in [-0.25, -0.2) is 4.98 Å². The third kappa shape index (κ3) is 4.55. The third-order valence-corrected chi connectivity index (χ3v) is 14.1. The molecule has 1 spiro atoms. The van der Waals surface area contributed by atoms with E-state index < -0.39 is 0 Å². The minimum atomic E-state index is -0.0424. The first-order valence-electron chi connectivity index (χ1n) is 21.1. The van der Waals surface area contributed by atoms with Crippen molar-refractivity contribution < 1.29 is 8.83 Å². The van der Waals surface area contributed by atoms with Crippen molar-refractivity contribution in [3.8, 4) is 56.0 Å².